The van der Waals surface area contributed by atoms with E-state index in [4.69, 9.17) is 4.74 Å². The maximum absolute atomic E-state index is 12.3. The molecule has 0 aromatic carbocycles. The summed E-state index contributed by atoms with van der Waals surface area (Å²) >= 11 is 0. The molecule has 9 atom stereocenters. The van der Waals surface area contributed by atoms with Gasteiger partial charge >= 0.3 is 5.97 Å². The summed E-state index contributed by atoms with van der Waals surface area (Å²) in [6.45, 7) is 2.37. The average Bonchev–Trinajstić information content (AvgIpc) is 3.69. The van der Waals surface area contributed by atoms with Crippen molar-refractivity contribution in [3.8, 4) is 0 Å². The smallest absolute Gasteiger partial charge is 0.331 e. The van der Waals surface area contributed by atoms with Crippen LogP contribution in [-0.4, -0.2) is 22.5 Å². The topological polar surface area (TPSA) is 58.9 Å². The van der Waals surface area contributed by atoms with Crippen LogP contribution in [0, 0.1) is 52.8 Å². The minimum absolute atomic E-state index is 0.105. The van der Waals surface area contributed by atoms with Gasteiger partial charge in [0, 0.05) is 17.4 Å². The van der Waals surface area contributed by atoms with Gasteiger partial charge in [-0.25, -0.2) is 4.79 Å². The molecule has 7 aliphatic rings. The van der Waals surface area contributed by atoms with Crippen LogP contribution in [0.1, 0.15) is 64.7 Å². The van der Waals surface area contributed by atoms with Crippen molar-refractivity contribution in [2.24, 2.45) is 57.9 Å². The molecule has 0 aromatic heterocycles. The molecule has 0 saturated heterocycles. The molecule has 5 fully saturated rings. The number of ether oxygens (including phenoxy) is 1. The van der Waals surface area contributed by atoms with Crippen LogP contribution in [0.2, 0.25) is 0 Å². The van der Waals surface area contributed by atoms with Gasteiger partial charge in [0.2, 0.25) is 0 Å². The molecule has 5 saturated carbocycles. The first-order valence-corrected chi connectivity index (χ1v) is 12.5. The molecule has 0 bridgehead atoms. The van der Waals surface area contributed by atoms with Crippen molar-refractivity contribution in [2.45, 2.75) is 70.3 Å². The van der Waals surface area contributed by atoms with E-state index in [1.165, 1.54) is 38.5 Å². The van der Waals surface area contributed by atoms with Gasteiger partial charge in [-0.15, -0.1) is 0 Å². The van der Waals surface area contributed by atoms with Crippen molar-refractivity contribution in [1.29, 1.82) is 0 Å². The summed E-state index contributed by atoms with van der Waals surface area (Å²) < 4.78 is 6.25. The van der Waals surface area contributed by atoms with Crippen LogP contribution >= 0.6 is 0 Å². The Balaban J connectivity index is 1.33. The van der Waals surface area contributed by atoms with Crippen molar-refractivity contribution >= 4 is 11.7 Å². The predicted molar refractivity (Wildman–Crippen MR) is 113 cm³/mol. The number of oxime groups is 1. The van der Waals surface area contributed by atoms with E-state index in [2.05, 4.69) is 24.2 Å². The second-order valence-electron chi connectivity index (χ2n) is 11.5. The van der Waals surface area contributed by atoms with Gasteiger partial charge in [0.1, 0.15) is 5.60 Å². The van der Waals surface area contributed by atoms with Crippen LogP contribution in [0.5, 0.6) is 0 Å². The van der Waals surface area contributed by atoms with Gasteiger partial charge in [-0.05, 0) is 111 Å². The molecule has 30 heavy (non-hydrogen) atoms. The molecule has 1 spiro atoms. The van der Waals surface area contributed by atoms with E-state index >= 15 is 0 Å². The summed E-state index contributed by atoms with van der Waals surface area (Å²) in [7, 11) is 0. The van der Waals surface area contributed by atoms with Crippen LogP contribution in [0.25, 0.3) is 0 Å². The molecule has 6 unspecified atom stereocenters. The number of rotatable bonds is 2. The lowest BCUT2D eigenvalue weighted by Gasteiger charge is -2.60. The molecule has 0 amide bonds. The first kappa shape index (κ1) is 18.0. The van der Waals surface area contributed by atoms with Gasteiger partial charge in [0.05, 0.1) is 5.71 Å². The van der Waals surface area contributed by atoms with Crippen molar-refractivity contribution in [1.82, 2.24) is 0 Å². The third-order valence-electron chi connectivity index (χ3n) is 10.8. The van der Waals surface area contributed by atoms with Gasteiger partial charge in [-0.1, -0.05) is 17.7 Å². The number of hydrogen-bond acceptors (Lipinski definition) is 4. The molecular weight excluding hydrogens is 374 g/mol. The molecule has 4 heteroatoms. The highest BCUT2D eigenvalue weighted by Gasteiger charge is 2.79. The van der Waals surface area contributed by atoms with Crippen molar-refractivity contribution < 1.29 is 14.7 Å². The lowest BCUT2D eigenvalue weighted by Crippen LogP contribution is -2.58. The third-order valence-corrected chi connectivity index (χ3v) is 10.8. The number of esters is 1. The quantitative estimate of drug-likeness (QED) is 0.392. The number of carbonyl (C=O) groups is 1. The van der Waals surface area contributed by atoms with Crippen molar-refractivity contribution in [3.05, 3.63) is 23.8 Å². The zero-order chi connectivity index (χ0) is 20.3. The van der Waals surface area contributed by atoms with E-state index in [0.717, 1.165) is 60.5 Å². The van der Waals surface area contributed by atoms with Crippen molar-refractivity contribution in [2.75, 3.05) is 0 Å². The first-order valence-electron chi connectivity index (χ1n) is 12.5. The molecule has 160 valence electrons. The highest BCUT2D eigenvalue weighted by Crippen LogP contribution is 2.79. The van der Waals surface area contributed by atoms with Gasteiger partial charge in [-0.3, -0.25) is 0 Å². The van der Waals surface area contributed by atoms with E-state index in [0.29, 0.717) is 11.8 Å². The summed E-state index contributed by atoms with van der Waals surface area (Å²) in [6, 6.07) is 0. The second-order valence-corrected chi connectivity index (χ2v) is 11.5. The predicted octanol–water partition coefficient (Wildman–Crippen LogP) is 5.12. The fraction of sp³-hybridized carbons (Fsp3) is 0.769. The van der Waals surface area contributed by atoms with E-state index in [1.807, 2.05) is 0 Å². The molecule has 0 radical (unpaired) electrons. The lowest BCUT2D eigenvalue weighted by molar-refractivity contribution is -0.175. The maximum atomic E-state index is 12.3. The highest BCUT2D eigenvalue weighted by molar-refractivity contribution is 5.96. The number of hydrogen-bond donors (Lipinski definition) is 1. The number of allylic oxidation sites excluding steroid dienone is 2. The monoisotopic (exact) mass is 407 g/mol. The Kier molecular flexibility index (Phi) is 3.49. The van der Waals surface area contributed by atoms with Gasteiger partial charge in [-0.2, -0.15) is 0 Å². The highest BCUT2D eigenvalue weighted by atomic mass is 16.6. The van der Waals surface area contributed by atoms with E-state index in [1.54, 1.807) is 11.6 Å². The van der Waals surface area contributed by atoms with E-state index in [9.17, 15) is 10.0 Å². The summed E-state index contributed by atoms with van der Waals surface area (Å²) in [4.78, 5) is 12.3. The normalized spacial score (nSPS) is 54.3. The number of fused-ring (bicyclic) bond motifs is 9. The molecule has 1 heterocycles. The zero-order valence-corrected chi connectivity index (χ0v) is 17.9. The number of carbonyl (C=O) groups excluding carboxylic acids is 1. The fourth-order valence-corrected chi connectivity index (χ4v) is 9.75. The van der Waals surface area contributed by atoms with Crippen LogP contribution in [0.3, 0.4) is 0 Å². The molecular formula is C26H33NO3. The third kappa shape index (κ3) is 2.04. The minimum atomic E-state index is -0.299. The van der Waals surface area contributed by atoms with Crippen molar-refractivity contribution in [3.63, 3.8) is 0 Å². The Hall–Kier alpha value is -1.58. The van der Waals surface area contributed by atoms with Crippen LogP contribution in [0.4, 0.5) is 0 Å². The Bertz CT molecular complexity index is 900. The maximum Gasteiger partial charge on any atom is 0.331 e. The molecule has 1 N–H and O–H groups in total. The Labute approximate surface area is 178 Å². The summed E-state index contributed by atoms with van der Waals surface area (Å²) in [5, 5.41) is 12.9. The summed E-state index contributed by atoms with van der Waals surface area (Å²) in [6.07, 6.45) is 17.2. The minimum Gasteiger partial charge on any atom is -0.451 e. The molecule has 1 aliphatic heterocycles. The summed E-state index contributed by atoms with van der Waals surface area (Å²) in [5.41, 5.74) is 2.33. The van der Waals surface area contributed by atoms with Gasteiger partial charge < -0.3 is 9.94 Å². The Morgan fingerprint density at radius 2 is 2.07 bits per heavy atom. The Morgan fingerprint density at radius 1 is 1.20 bits per heavy atom. The molecule has 4 nitrogen and oxygen atoms in total. The first-order chi connectivity index (χ1) is 14.6. The lowest BCUT2D eigenvalue weighted by atomic mass is 9.45. The zero-order valence-electron chi connectivity index (χ0n) is 17.9. The van der Waals surface area contributed by atoms with Gasteiger partial charge in [0.15, 0.2) is 0 Å². The van der Waals surface area contributed by atoms with E-state index < -0.39 is 0 Å². The van der Waals surface area contributed by atoms with Crippen LogP contribution in [-0.2, 0) is 9.53 Å². The summed E-state index contributed by atoms with van der Waals surface area (Å²) in [5.74, 6) is 5.87. The largest absolute Gasteiger partial charge is 0.451 e. The average molecular weight is 408 g/mol. The Morgan fingerprint density at radius 3 is 2.77 bits per heavy atom. The number of nitrogens with zero attached hydrogens (tertiary/aromatic N) is 1. The SMILES string of the molecule is CC[C@]12CCC3C(C(C4CC4)CC4=C/C(=N/O)CC[C@@H]43)C1C1CC1[C@@]21C=CC(=O)O1. The van der Waals surface area contributed by atoms with E-state index in [-0.39, 0.29) is 17.0 Å². The molecule has 7 rings (SSSR count). The molecule has 6 aliphatic carbocycles. The van der Waals surface area contributed by atoms with Crippen LogP contribution in [0.15, 0.2) is 29.0 Å². The molecule has 0 aromatic rings. The van der Waals surface area contributed by atoms with Crippen LogP contribution < -0.4 is 0 Å². The fourth-order valence-electron chi connectivity index (χ4n) is 9.75. The van der Waals surface area contributed by atoms with Gasteiger partial charge in [0.25, 0.3) is 0 Å². The second kappa shape index (κ2) is 5.81. The standard InChI is InChI=1S/C26H33NO3/c1-2-25-9-7-18-17-6-5-16(27-29)11-15(17)12-19(14-3-4-14)23(18)24(25)20-13-21(20)26(25)10-8-22(28)30-26/h8,10-11,14,17-21,23-24,29H,2-7,9,12-13H2,1H3/b27-16+/t17-,18?,19?,20?,21?,23?,24?,25-,26-/m0/s1.